The van der Waals surface area contributed by atoms with Crippen LogP contribution in [-0.4, -0.2) is 23.2 Å². The second-order valence-electron chi connectivity index (χ2n) is 5.01. The van der Waals surface area contributed by atoms with E-state index in [0.29, 0.717) is 5.02 Å². The molecule has 1 fully saturated rings. The molecule has 2 rings (SSSR count). The highest BCUT2D eigenvalue weighted by atomic mass is 35.5. The quantitative estimate of drug-likeness (QED) is 0.911. The molecule has 0 unspecified atom stereocenters. The molecule has 0 bridgehead atoms. The molecule has 2 heterocycles. The number of hydrogen-bond donors (Lipinski definition) is 1. The van der Waals surface area contributed by atoms with E-state index in [9.17, 15) is 5.11 Å². The van der Waals surface area contributed by atoms with Crippen LogP contribution in [-0.2, 0) is 6.61 Å². The maximum Gasteiger partial charge on any atom is 0.128 e. The molecule has 0 aromatic carbocycles. The van der Waals surface area contributed by atoms with E-state index in [1.54, 1.807) is 6.20 Å². The van der Waals surface area contributed by atoms with E-state index >= 15 is 0 Å². The second-order valence-corrected chi connectivity index (χ2v) is 5.42. The van der Waals surface area contributed by atoms with E-state index in [2.05, 4.69) is 16.8 Å². The lowest BCUT2D eigenvalue weighted by molar-refractivity contribution is 0.281. The lowest BCUT2D eigenvalue weighted by Crippen LogP contribution is -2.34. The zero-order valence-electron chi connectivity index (χ0n) is 10.9. The number of aromatic nitrogens is 1. The van der Waals surface area contributed by atoms with Crippen molar-refractivity contribution >= 4 is 17.4 Å². The molecular weight excluding hydrogens is 248 g/mol. The Kier molecular flexibility index (Phi) is 4.84. The van der Waals surface area contributed by atoms with Crippen molar-refractivity contribution in [2.24, 2.45) is 5.92 Å². The Balaban J connectivity index is 2.01. The molecule has 1 saturated heterocycles. The number of pyridine rings is 1. The van der Waals surface area contributed by atoms with E-state index in [4.69, 9.17) is 11.6 Å². The van der Waals surface area contributed by atoms with Crippen molar-refractivity contribution in [2.45, 2.75) is 39.2 Å². The Bertz CT molecular complexity index is 389. The predicted molar refractivity (Wildman–Crippen MR) is 75.0 cm³/mol. The first kappa shape index (κ1) is 13.6. The van der Waals surface area contributed by atoms with Gasteiger partial charge in [-0.05, 0) is 24.8 Å². The molecule has 1 aliphatic heterocycles. The van der Waals surface area contributed by atoms with Gasteiger partial charge in [-0.1, -0.05) is 31.4 Å². The zero-order chi connectivity index (χ0) is 13.0. The van der Waals surface area contributed by atoms with Gasteiger partial charge in [0.25, 0.3) is 0 Å². The van der Waals surface area contributed by atoms with Crippen molar-refractivity contribution in [2.75, 3.05) is 18.0 Å². The third kappa shape index (κ3) is 3.15. The van der Waals surface area contributed by atoms with Gasteiger partial charge >= 0.3 is 0 Å². The van der Waals surface area contributed by atoms with Gasteiger partial charge in [0.15, 0.2) is 0 Å². The number of anilines is 1. The highest BCUT2D eigenvalue weighted by Gasteiger charge is 2.19. The van der Waals surface area contributed by atoms with Gasteiger partial charge in [-0.15, -0.1) is 0 Å². The summed E-state index contributed by atoms with van der Waals surface area (Å²) in [5.41, 5.74) is 0.761. The first-order valence-corrected chi connectivity index (χ1v) is 7.12. The third-order valence-corrected chi connectivity index (χ3v) is 4.07. The minimum atomic E-state index is -0.0271. The topological polar surface area (TPSA) is 36.4 Å². The first-order chi connectivity index (χ1) is 8.74. The lowest BCUT2D eigenvalue weighted by atomic mass is 9.92. The fraction of sp³-hybridized carbons (Fsp3) is 0.643. The van der Waals surface area contributed by atoms with Crippen molar-refractivity contribution in [1.82, 2.24) is 4.98 Å². The van der Waals surface area contributed by atoms with Crippen LogP contribution in [0.1, 0.15) is 38.2 Å². The average molecular weight is 269 g/mol. The van der Waals surface area contributed by atoms with Crippen LogP contribution in [0.3, 0.4) is 0 Å². The molecule has 0 saturated carbocycles. The van der Waals surface area contributed by atoms with Crippen molar-refractivity contribution in [3.05, 3.63) is 22.8 Å². The summed E-state index contributed by atoms with van der Waals surface area (Å²) in [6.45, 7) is 4.34. The Morgan fingerprint density at radius 3 is 2.78 bits per heavy atom. The molecule has 0 atom stereocenters. The summed E-state index contributed by atoms with van der Waals surface area (Å²) in [7, 11) is 0. The fourth-order valence-corrected chi connectivity index (χ4v) is 2.78. The number of piperidine rings is 1. The summed E-state index contributed by atoms with van der Waals surface area (Å²) in [6, 6.07) is 1.91. The van der Waals surface area contributed by atoms with Crippen LogP contribution in [0.15, 0.2) is 12.3 Å². The van der Waals surface area contributed by atoms with Gasteiger partial charge in [0.1, 0.15) is 5.82 Å². The number of halogens is 1. The summed E-state index contributed by atoms with van der Waals surface area (Å²) in [4.78, 5) is 6.66. The molecule has 0 aliphatic carbocycles. The third-order valence-electron chi connectivity index (χ3n) is 3.73. The maximum atomic E-state index is 9.22. The Morgan fingerprint density at radius 2 is 2.17 bits per heavy atom. The van der Waals surface area contributed by atoms with Gasteiger partial charge < -0.3 is 10.0 Å². The van der Waals surface area contributed by atoms with Crippen molar-refractivity contribution in [1.29, 1.82) is 0 Å². The van der Waals surface area contributed by atoms with Crippen molar-refractivity contribution < 1.29 is 5.11 Å². The molecule has 0 radical (unpaired) electrons. The number of aliphatic hydroxyl groups is 1. The molecule has 1 N–H and O–H groups in total. The van der Waals surface area contributed by atoms with E-state index in [1.807, 2.05) is 6.07 Å². The number of rotatable bonds is 4. The van der Waals surface area contributed by atoms with E-state index in [0.717, 1.165) is 30.4 Å². The van der Waals surface area contributed by atoms with Gasteiger partial charge in [-0.25, -0.2) is 4.98 Å². The molecule has 1 aromatic rings. The summed E-state index contributed by atoms with van der Waals surface area (Å²) >= 11 is 5.96. The Labute approximate surface area is 114 Å². The minimum absolute atomic E-state index is 0.0271. The number of aliphatic hydroxyl groups excluding tert-OH is 1. The summed E-state index contributed by atoms with van der Waals surface area (Å²) < 4.78 is 0. The SMILES string of the molecule is CCCC1CCN(c2cc(CO)c(Cl)cn2)CC1. The molecule has 4 heteroatoms. The van der Waals surface area contributed by atoms with E-state index in [1.165, 1.54) is 25.7 Å². The number of hydrogen-bond acceptors (Lipinski definition) is 3. The second kappa shape index (κ2) is 6.39. The standard InChI is InChI=1S/C14H21ClN2O/c1-2-3-11-4-6-17(7-5-11)14-8-12(10-18)13(15)9-16-14/h8-9,11,18H,2-7,10H2,1H3. The lowest BCUT2D eigenvalue weighted by Gasteiger charge is -2.33. The van der Waals surface area contributed by atoms with Gasteiger partial charge in [0.05, 0.1) is 11.6 Å². The van der Waals surface area contributed by atoms with E-state index < -0.39 is 0 Å². The van der Waals surface area contributed by atoms with E-state index in [-0.39, 0.29) is 6.61 Å². The zero-order valence-corrected chi connectivity index (χ0v) is 11.7. The highest BCUT2D eigenvalue weighted by Crippen LogP contribution is 2.26. The largest absolute Gasteiger partial charge is 0.392 e. The highest BCUT2D eigenvalue weighted by molar-refractivity contribution is 6.31. The van der Waals surface area contributed by atoms with Gasteiger partial charge in [-0.2, -0.15) is 0 Å². The summed E-state index contributed by atoms with van der Waals surface area (Å²) in [5.74, 6) is 1.81. The van der Waals surface area contributed by atoms with Crippen LogP contribution in [0, 0.1) is 5.92 Å². The van der Waals surface area contributed by atoms with Crippen LogP contribution >= 0.6 is 11.6 Å². The normalized spacial score (nSPS) is 17.2. The monoisotopic (exact) mass is 268 g/mol. The molecule has 1 aliphatic rings. The number of nitrogens with zero attached hydrogens (tertiary/aromatic N) is 2. The van der Waals surface area contributed by atoms with Crippen LogP contribution < -0.4 is 4.90 Å². The molecule has 3 nitrogen and oxygen atoms in total. The van der Waals surface area contributed by atoms with Crippen LogP contribution in [0.25, 0.3) is 0 Å². The summed E-state index contributed by atoms with van der Waals surface area (Å²) in [5, 5.41) is 9.77. The molecular formula is C14H21ClN2O. The maximum absolute atomic E-state index is 9.22. The molecule has 0 amide bonds. The smallest absolute Gasteiger partial charge is 0.128 e. The molecule has 1 aromatic heterocycles. The Morgan fingerprint density at radius 1 is 1.44 bits per heavy atom. The predicted octanol–water partition coefficient (Wildman–Crippen LogP) is 3.24. The van der Waals surface area contributed by atoms with Gasteiger partial charge in [0.2, 0.25) is 0 Å². The molecule has 100 valence electrons. The minimum Gasteiger partial charge on any atom is -0.392 e. The van der Waals surface area contributed by atoms with Crippen LogP contribution in [0.2, 0.25) is 5.02 Å². The van der Waals surface area contributed by atoms with Crippen LogP contribution in [0.4, 0.5) is 5.82 Å². The summed E-state index contributed by atoms with van der Waals surface area (Å²) in [6.07, 6.45) is 6.74. The van der Waals surface area contributed by atoms with Crippen molar-refractivity contribution in [3.63, 3.8) is 0 Å². The van der Waals surface area contributed by atoms with Gasteiger partial charge in [-0.3, -0.25) is 0 Å². The Hall–Kier alpha value is -0.800. The molecule has 0 spiro atoms. The average Bonchev–Trinajstić information content (AvgIpc) is 2.41. The first-order valence-electron chi connectivity index (χ1n) is 6.74. The van der Waals surface area contributed by atoms with Gasteiger partial charge in [0, 0.05) is 24.8 Å². The molecule has 18 heavy (non-hydrogen) atoms. The van der Waals surface area contributed by atoms with Crippen molar-refractivity contribution in [3.8, 4) is 0 Å². The van der Waals surface area contributed by atoms with Crippen LogP contribution in [0.5, 0.6) is 0 Å². The fourth-order valence-electron chi connectivity index (χ4n) is 2.62.